The van der Waals surface area contributed by atoms with E-state index in [0.717, 1.165) is 30.8 Å². The molecule has 1 aliphatic rings. The van der Waals surface area contributed by atoms with Gasteiger partial charge in [0.2, 0.25) is 0 Å². The number of amides is 1. The second kappa shape index (κ2) is 8.62. The second-order valence-electron chi connectivity index (χ2n) is 6.14. The van der Waals surface area contributed by atoms with Crippen molar-refractivity contribution >= 4 is 6.09 Å². The Morgan fingerprint density at radius 2 is 2.12 bits per heavy atom. The third-order valence-electron chi connectivity index (χ3n) is 4.45. The van der Waals surface area contributed by atoms with E-state index < -0.39 is 0 Å². The summed E-state index contributed by atoms with van der Waals surface area (Å²) in [7, 11) is 1.59. The van der Waals surface area contributed by atoms with Crippen LogP contribution in [0.25, 0.3) is 0 Å². The highest BCUT2D eigenvalue weighted by Gasteiger charge is 2.27. The Balaban J connectivity index is 1.55. The van der Waals surface area contributed by atoms with Crippen LogP contribution in [0.5, 0.6) is 0 Å². The lowest BCUT2D eigenvalue weighted by Gasteiger charge is -2.31. The molecule has 2 aromatic rings. The molecule has 7 nitrogen and oxygen atoms in total. The number of pyridine rings is 1. The number of methoxy groups -OCH3 is 1. The van der Waals surface area contributed by atoms with Crippen molar-refractivity contribution in [3.05, 3.63) is 48.3 Å². The van der Waals surface area contributed by atoms with Gasteiger partial charge in [0.1, 0.15) is 12.4 Å². The number of nitrogens with zero attached hydrogens (tertiary/aromatic N) is 4. The van der Waals surface area contributed by atoms with E-state index in [0.29, 0.717) is 32.2 Å². The number of rotatable bonds is 6. The Hall–Kier alpha value is -2.41. The molecular weight excluding hydrogens is 320 g/mol. The molecule has 1 amide bonds. The number of aromatic nitrogens is 3. The lowest BCUT2D eigenvalue weighted by Crippen LogP contribution is -2.39. The first-order chi connectivity index (χ1) is 12.3. The monoisotopic (exact) mass is 344 g/mol. The fraction of sp³-hybridized carbons (Fsp3) is 0.500. The molecule has 0 saturated carbocycles. The molecule has 1 fully saturated rings. The van der Waals surface area contributed by atoms with Crippen molar-refractivity contribution in [3.63, 3.8) is 0 Å². The van der Waals surface area contributed by atoms with E-state index in [9.17, 15) is 4.79 Å². The highest BCUT2D eigenvalue weighted by molar-refractivity contribution is 5.67. The Kier molecular flexibility index (Phi) is 6.00. The minimum Gasteiger partial charge on any atom is -0.447 e. The number of ether oxygens (including phenoxy) is 2. The van der Waals surface area contributed by atoms with Gasteiger partial charge >= 0.3 is 6.09 Å². The molecule has 0 radical (unpaired) electrons. The number of carbonyl (C=O) groups excluding carboxylic acids is 1. The van der Waals surface area contributed by atoms with Gasteiger partial charge in [-0.1, -0.05) is 6.07 Å². The molecule has 0 N–H and O–H groups in total. The maximum absolute atomic E-state index is 12.0. The third kappa shape index (κ3) is 4.57. The Labute approximate surface area is 147 Å². The van der Waals surface area contributed by atoms with Gasteiger partial charge in [0.05, 0.1) is 13.2 Å². The van der Waals surface area contributed by atoms with Crippen LogP contribution >= 0.6 is 0 Å². The van der Waals surface area contributed by atoms with Crippen molar-refractivity contribution in [1.82, 2.24) is 19.4 Å². The van der Waals surface area contributed by atoms with Gasteiger partial charge in [-0.2, -0.15) is 0 Å². The number of carbonyl (C=O) groups is 1. The summed E-state index contributed by atoms with van der Waals surface area (Å²) in [5.41, 5.74) is 1.15. The molecule has 0 atom stereocenters. The summed E-state index contributed by atoms with van der Waals surface area (Å²) in [6.45, 7) is 2.87. The Morgan fingerprint density at radius 1 is 1.28 bits per heavy atom. The zero-order valence-electron chi connectivity index (χ0n) is 14.5. The summed E-state index contributed by atoms with van der Waals surface area (Å²) in [5, 5.41) is 0. The van der Waals surface area contributed by atoms with E-state index in [1.807, 2.05) is 24.7 Å². The fourth-order valence-electron chi connectivity index (χ4n) is 3.13. The number of piperidine rings is 1. The maximum atomic E-state index is 12.0. The average molecular weight is 344 g/mol. The van der Waals surface area contributed by atoms with Crippen LogP contribution in [0.3, 0.4) is 0 Å². The van der Waals surface area contributed by atoms with E-state index in [4.69, 9.17) is 9.47 Å². The van der Waals surface area contributed by atoms with Crippen molar-refractivity contribution in [3.8, 4) is 0 Å². The summed E-state index contributed by atoms with van der Waals surface area (Å²) in [5.74, 6) is 1.44. The van der Waals surface area contributed by atoms with Gasteiger partial charge in [-0.3, -0.25) is 4.98 Å². The first kappa shape index (κ1) is 17.4. The number of hydrogen-bond donors (Lipinski definition) is 0. The zero-order valence-corrected chi connectivity index (χ0v) is 14.5. The largest absolute Gasteiger partial charge is 0.447 e. The molecule has 3 heterocycles. The predicted octanol–water partition coefficient (Wildman–Crippen LogP) is 2.29. The van der Waals surface area contributed by atoms with Crippen molar-refractivity contribution < 1.29 is 14.3 Å². The summed E-state index contributed by atoms with van der Waals surface area (Å²) in [4.78, 5) is 22.5. The Bertz CT molecular complexity index is 666. The molecule has 1 saturated heterocycles. The Morgan fingerprint density at radius 3 is 2.84 bits per heavy atom. The van der Waals surface area contributed by atoms with Crippen LogP contribution < -0.4 is 0 Å². The van der Waals surface area contributed by atoms with Crippen molar-refractivity contribution in [2.75, 3.05) is 33.4 Å². The van der Waals surface area contributed by atoms with Gasteiger partial charge in [-0.25, -0.2) is 9.78 Å². The van der Waals surface area contributed by atoms with Crippen molar-refractivity contribution in [2.45, 2.75) is 25.3 Å². The summed E-state index contributed by atoms with van der Waals surface area (Å²) in [6, 6.07) is 4.01. The molecule has 0 unspecified atom stereocenters. The van der Waals surface area contributed by atoms with Crippen LogP contribution in [0.15, 0.2) is 36.9 Å². The molecule has 0 aliphatic carbocycles. The fourth-order valence-corrected chi connectivity index (χ4v) is 3.13. The normalized spacial score (nSPS) is 15.3. The predicted molar refractivity (Wildman–Crippen MR) is 92.3 cm³/mol. The van der Waals surface area contributed by atoms with Crippen LogP contribution in [0, 0.1) is 0 Å². The SMILES string of the molecule is COCCOC(=O)N1CCC(c2nccn2Cc2cccnc2)CC1. The summed E-state index contributed by atoms with van der Waals surface area (Å²) in [6.07, 6.45) is 9.04. The van der Waals surface area contributed by atoms with Crippen molar-refractivity contribution in [2.24, 2.45) is 0 Å². The highest BCUT2D eigenvalue weighted by atomic mass is 16.6. The molecule has 134 valence electrons. The zero-order chi connectivity index (χ0) is 17.5. The third-order valence-corrected chi connectivity index (χ3v) is 4.45. The van der Waals surface area contributed by atoms with E-state index >= 15 is 0 Å². The first-order valence-electron chi connectivity index (χ1n) is 8.58. The molecule has 0 aromatic carbocycles. The second-order valence-corrected chi connectivity index (χ2v) is 6.14. The minimum absolute atomic E-state index is 0.255. The van der Waals surface area contributed by atoms with Gasteiger partial charge in [0, 0.05) is 50.9 Å². The van der Waals surface area contributed by atoms with Crippen molar-refractivity contribution in [1.29, 1.82) is 0 Å². The van der Waals surface area contributed by atoms with Crippen LogP contribution in [-0.2, 0) is 16.0 Å². The summed E-state index contributed by atoms with van der Waals surface area (Å²) >= 11 is 0. The van der Waals surface area contributed by atoms with E-state index in [2.05, 4.69) is 20.6 Å². The minimum atomic E-state index is -0.255. The smallest absolute Gasteiger partial charge is 0.409 e. The van der Waals surface area contributed by atoms with E-state index in [1.165, 1.54) is 0 Å². The van der Waals surface area contributed by atoms with Gasteiger partial charge in [-0.15, -0.1) is 0 Å². The van der Waals surface area contributed by atoms with Gasteiger partial charge in [0.15, 0.2) is 0 Å². The van der Waals surface area contributed by atoms with E-state index in [1.54, 1.807) is 18.2 Å². The molecule has 0 bridgehead atoms. The van der Waals surface area contributed by atoms with Crippen LogP contribution in [0.1, 0.15) is 30.1 Å². The van der Waals surface area contributed by atoms with Gasteiger partial charge in [0.25, 0.3) is 0 Å². The number of likely N-dealkylation sites (tertiary alicyclic amines) is 1. The lowest BCUT2D eigenvalue weighted by atomic mass is 9.96. The lowest BCUT2D eigenvalue weighted by molar-refractivity contribution is 0.0655. The maximum Gasteiger partial charge on any atom is 0.409 e. The molecule has 2 aromatic heterocycles. The quantitative estimate of drug-likeness (QED) is 0.752. The molecule has 1 aliphatic heterocycles. The molecule has 0 spiro atoms. The number of hydrogen-bond acceptors (Lipinski definition) is 5. The topological polar surface area (TPSA) is 69.5 Å². The van der Waals surface area contributed by atoms with Crippen LogP contribution in [-0.4, -0.2) is 58.9 Å². The molecule has 3 rings (SSSR count). The standard InChI is InChI=1S/C18H24N4O3/c1-24-11-12-25-18(23)21-8-4-16(5-9-21)17-20-7-10-22(17)14-15-3-2-6-19-13-15/h2-3,6-7,10,13,16H,4-5,8-9,11-12,14H2,1H3. The number of imidazole rings is 1. The first-order valence-corrected chi connectivity index (χ1v) is 8.58. The van der Waals surface area contributed by atoms with Gasteiger partial charge in [-0.05, 0) is 24.5 Å². The van der Waals surface area contributed by atoms with Crippen LogP contribution in [0.2, 0.25) is 0 Å². The average Bonchev–Trinajstić information content (AvgIpc) is 3.11. The summed E-state index contributed by atoms with van der Waals surface area (Å²) < 4.78 is 12.3. The molecule has 7 heteroatoms. The molecule has 25 heavy (non-hydrogen) atoms. The molecular formula is C18H24N4O3. The van der Waals surface area contributed by atoms with E-state index in [-0.39, 0.29) is 6.09 Å². The van der Waals surface area contributed by atoms with Gasteiger partial charge < -0.3 is 18.9 Å². The highest BCUT2D eigenvalue weighted by Crippen LogP contribution is 2.27. The van der Waals surface area contributed by atoms with Crippen LogP contribution in [0.4, 0.5) is 4.79 Å².